The third-order valence-electron chi connectivity index (χ3n) is 3.04. The Morgan fingerprint density at radius 1 is 1.30 bits per heavy atom. The Kier molecular flexibility index (Phi) is 6.57. The molecule has 0 aliphatic rings. The summed E-state index contributed by atoms with van der Waals surface area (Å²) < 4.78 is 10.6. The molecule has 0 aliphatic heterocycles. The quantitative estimate of drug-likeness (QED) is 0.846. The van der Waals surface area contributed by atoms with E-state index in [4.69, 9.17) is 9.47 Å². The lowest BCUT2D eigenvalue weighted by Crippen LogP contribution is -2.15. The molecule has 2 rings (SSSR count). The number of aromatic nitrogens is 3. The van der Waals surface area contributed by atoms with E-state index < -0.39 is 5.97 Å². The van der Waals surface area contributed by atoms with E-state index in [0.29, 0.717) is 12.5 Å². The number of nitrogens with zero attached hydrogens (tertiary/aromatic N) is 2. The van der Waals surface area contributed by atoms with Gasteiger partial charge in [-0.25, -0.2) is 9.89 Å². The number of halogens is 1. The minimum absolute atomic E-state index is 0. The monoisotopic (exact) mass is 339 g/mol. The fourth-order valence-electron chi connectivity index (χ4n) is 1.86. The second-order valence-electron chi connectivity index (χ2n) is 5.89. The summed E-state index contributed by atoms with van der Waals surface area (Å²) in [5.41, 5.74) is 2.04. The largest absolute Gasteiger partial charge is 0.471 e. The van der Waals surface area contributed by atoms with Crippen molar-refractivity contribution in [1.29, 1.82) is 0 Å². The Bertz CT molecular complexity index is 650. The number of ether oxygens (including phenoxy) is 2. The van der Waals surface area contributed by atoms with Crippen LogP contribution in [0, 0.1) is 0 Å². The number of carbonyl (C=O) groups excluding carboxylic acids is 1. The second-order valence-corrected chi connectivity index (χ2v) is 5.89. The summed E-state index contributed by atoms with van der Waals surface area (Å²) in [6.45, 7) is 8.62. The van der Waals surface area contributed by atoms with E-state index in [0.717, 1.165) is 11.4 Å². The smallest absolute Gasteiger partial charge is 0.345 e. The minimum Gasteiger partial charge on any atom is -0.471 e. The van der Waals surface area contributed by atoms with Gasteiger partial charge in [-0.05, 0) is 19.1 Å². The highest BCUT2D eigenvalue weighted by Gasteiger charge is 2.18. The van der Waals surface area contributed by atoms with E-state index in [1.165, 1.54) is 6.20 Å². The Hall–Kier alpha value is -2.08. The van der Waals surface area contributed by atoms with Crippen LogP contribution in [0.4, 0.5) is 0 Å². The third kappa shape index (κ3) is 4.96. The zero-order chi connectivity index (χ0) is 16.2. The number of hydrogen-bond acceptors (Lipinski definition) is 5. The van der Waals surface area contributed by atoms with Gasteiger partial charge >= 0.3 is 5.97 Å². The van der Waals surface area contributed by atoms with E-state index in [1.807, 2.05) is 18.2 Å². The molecule has 0 unspecified atom stereocenters. The molecule has 0 saturated heterocycles. The first kappa shape index (κ1) is 19.0. The number of hydrogen-bond donors (Lipinski definition) is 1. The lowest BCUT2D eigenvalue weighted by molar-refractivity contribution is 0.0521. The molecule has 7 heteroatoms. The molecule has 0 aliphatic carbocycles. The molecule has 1 N–H and O–H groups in total. The molecule has 0 aromatic carbocycles. The van der Waals surface area contributed by atoms with Gasteiger partial charge in [-0.1, -0.05) is 26.8 Å². The molecule has 0 bridgehead atoms. The van der Waals surface area contributed by atoms with Gasteiger partial charge < -0.3 is 9.47 Å². The normalized spacial score (nSPS) is 10.8. The maximum atomic E-state index is 11.7. The molecule has 2 aromatic heterocycles. The van der Waals surface area contributed by atoms with Gasteiger partial charge in [-0.2, -0.15) is 5.10 Å². The van der Waals surface area contributed by atoms with Crippen molar-refractivity contribution in [2.75, 3.05) is 6.61 Å². The molecule has 0 amide bonds. The van der Waals surface area contributed by atoms with Crippen molar-refractivity contribution in [3.63, 3.8) is 0 Å². The molecule has 6 nitrogen and oxygen atoms in total. The van der Waals surface area contributed by atoms with Crippen molar-refractivity contribution in [2.45, 2.75) is 39.7 Å². The van der Waals surface area contributed by atoms with Gasteiger partial charge in [0.05, 0.1) is 18.5 Å². The third-order valence-corrected chi connectivity index (χ3v) is 3.04. The molecule has 2 heterocycles. The van der Waals surface area contributed by atoms with Gasteiger partial charge in [0.2, 0.25) is 5.88 Å². The lowest BCUT2D eigenvalue weighted by Gasteiger charge is -2.18. The van der Waals surface area contributed by atoms with Gasteiger partial charge in [-0.15, -0.1) is 12.4 Å². The fraction of sp³-hybridized carbons (Fsp3) is 0.438. The van der Waals surface area contributed by atoms with Crippen LogP contribution in [0.2, 0.25) is 0 Å². The second kappa shape index (κ2) is 7.97. The molecular weight excluding hydrogens is 318 g/mol. The Balaban J connectivity index is 0.00000264. The van der Waals surface area contributed by atoms with Crippen LogP contribution in [-0.4, -0.2) is 27.8 Å². The van der Waals surface area contributed by atoms with Crippen LogP contribution in [0.1, 0.15) is 49.4 Å². The maximum Gasteiger partial charge on any atom is 0.345 e. The average Bonchev–Trinajstić information content (AvgIpc) is 2.93. The van der Waals surface area contributed by atoms with Crippen molar-refractivity contribution in [2.24, 2.45) is 0 Å². The predicted octanol–water partition coefficient (Wildman–Crippen LogP) is 3.28. The SMILES string of the molecule is CCOC(=O)c1cn[nH]c1OCc1cccc(C(C)(C)C)n1.Cl. The molecule has 23 heavy (non-hydrogen) atoms. The Labute approximate surface area is 142 Å². The number of nitrogens with one attached hydrogen (secondary N) is 1. The van der Waals surface area contributed by atoms with Gasteiger partial charge in [0.1, 0.15) is 12.2 Å². The van der Waals surface area contributed by atoms with E-state index in [2.05, 4.69) is 36.0 Å². The standard InChI is InChI=1S/C16H21N3O3.ClH/c1-5-21-15(20)12-9-17-19-14(12)22-10-11-7-6-8-13(18-11)16(2,3)4;/h6-9H,5,10H2,1-4H3,(H,17,19);1H. The number of pyridine rings is 1. The van der Waals surface area contributed by atoms with Crippen molar-refractivity contribution in [3.05, 3.63) is 41.3 Å². The van der Waals surface area contributed by atoms with Crippen molar-refractivity contribution in [1.82, 2.24) is 15.2 Å². The summed E-state index contributed by atoms with van der Waals surface area (Å²) in [6.07, 6.45) is 1.40. The summed E-state index contributed by atoms with van der Waals surface area (Å²) in [5, 5.41) is 6.48. The molecule has 126 valence electrons. The van der Waals surface area contributed by atoms with Crippen LogP contribution in [0.15, 0.2) is 24.4 Å². The first-order chi connectivity index (χ1) is 10.4. The van der Waals surface area contributed by atoms with Gasteiger partial charge in [0, 0.05) is 11.1 Å². The first-order valence-corrected chi connectivity index (χ1v) is 7.21. The summed E-state index contributed by atoms with van der Waals surface area (Å²) >= 11 is 0. The Morgan fingerprint density at radius 2 is 2.04 bits per heavy atom. The summed E-state index contributed by atoms with van der Waals surface area (Å²) in [7, 11) is 0. The summed E-state index contributed by atoms with van der Waals surface area (Å²) in [4.78, 5) is 16.3. The van der Waals surface area contributed by atoms with Crippen molar-refractivity contribution >= 4 is 18.4 Å². The minimum atomic E-state index is -0.456. The van der Waals surface area contributed by atoms with E-state index in [1.54, 1.807) is 6.92 Å². The zero-order valence-electron chi connectivity index (χ0n) is 13.8. The highest BCUT2D eigenvalue weighted by molar-refractivity contribution is 5.91. The number of aromatic amines is 1. The van der Waals surface area contributed by atoms with Gasteiger partial charge in [-0.3, -0.25) is 4.98 Å². The summed E-state index contributed by atoms with van der Waals surface area (Å²) in [5.74, 6) is -0.163. The molecule has 0 radical (unpaired) electrons. The lowest BCUT2D eigenvalue weighted by atomic mass is 9.91. The highest BCUT2D eigenvalue weighted by atomic mass is 35.5. The van der Waals surface area contributed by atoms with Crippen molar-refractivity contribution < 1.29 is 14.3 Å². The maximum absolute atomic E-state index is 11.7. The number of carbonyl (C=O) groups is 1. The molecule has 2 aromatic rings. The average molecular weight is 340 g/mol. The van der Waals surface area contributed by atoms with Crippen LogP contribution < -0.4 is 4.74 Å². The molecule has 0 saturated carbocycles. The number of esters is 1. The molecular formula is C16H22ClN3O3. The predicted molar refractivity (Wildman–Crippen MR) is 89.1 cm³/mol. The van der Waals surface area contributed by atoms with Crippen molar-refractivity contribution in [3.8, 4) is 5.88 Å². The fourth-order valence-corrected chi connectivity index (χ4v) is 1.86. The van der Waals surface area contributed by atoms with Crippen LogP contribution >= 0.6 is 12.4 Å². The first-order valence-electron chi connectivity index (χ1n) is 7.21. The van der Waals surface area contributed by atoms with Gasteiger partial charge in [0.25, 0.3) is 0 Å². The molecule has 0 spiro atoms. The van der Waals surface area contributed by atoms with Crippen LogP contribution in [-0.2, 0) is 16.8 Å². The number of rotatable bonds is 5. The zero-order valence-corrected chi connectivity index (χ0v) is 14.6. The number of H-pyrrole nitrogens is 1. The Morgan fingerprint density at radius 3 is 2.70 bits per heavy atom. The van der Waals surface area contributed by atoms with Crippen LogP contribution in [0.25, 0.3) is 0 Å². The van der Waals surface area contributed by atoms with Gasteiger partial charge in [0.15, 0.2) is 0 Å². The van der Waals surface area contributed by atoms with E-state index in [9.17, 15) is 4.79 Å². The molecule has 0 fully saturated rings. The summed E-state index contributed by atoms with van der Waals surface area (Å²) in [6, 6.07) is 5.82. The van der Waals surface area contributed by atoms with E-state index in [-0.39, 0.29) is 30.0 Å². The highest BCUT2D eigenvalue weighted by Crippen LogP contribution is 2.21. The topological polar surface area (TPSA) is 77.1 Å². The van der Waals surface area contributed by atoms with E-state index >= 15 is 0 Å². The van der Waals surface area contributed by atoms with Crippen LogP contribution in [0.5, 0.6) is 5.88 Å². The molecule has 0 atom stereocenters. The van der Waals surface area contributed by atoms with Crippen LogP contribution in [0.3, 0.4) is 0 Å².